The van der Waals surface area contributed by atoms with E-state index < -0.39 is 5.97 Å². The predicted octanol–water partition coefficient (Wildman–Crippen LogP) is 1.73. The smallest absolute Gasteiger partial charge is 0.323 e. The lowest BCUT2D eigenvalue weighted by Crippen LogP contribution is -2.33. The summed E-state index contributed by atoms with van der Waals surface area (Å²) in [5.41, 5.74) is 1.73. The van der Waals surface area contributed by atoms with Gasteiger partial charge in [0.1, 0.15) is 6.54 Å². The number of benzene rings is 1. The highest BCUT2D eigenvalue weighted by Gasteiger charge is 2.12. The molecule has 0 aliphatic heterocycles. The molecule has 0 aliphatic rings. The van der Waals surface area contributed by atoms with E-state index in [9.17, 15) is 9.59 Å². The van der Waals surface area contributed by atoms with E-state index in [0.717, 1.165) is 11.1 Å². The molecule has 5 heteroatoms. The summed E-state index contributed by atoms with van der Waals surface area (Å²) in [6, 6.07) is 5.37. The van der Waals surface area contributed by atoms with Gasteiger partial charge < -0.3 is 10.0 Å². The van der Waals surface area contributed by atoms with Gasteiger partial charge in [-0.3, -0.25) is 9.59 Å². The van der Waals surface area contributed by atoms with Crippen molar-refractivity contribution in [2.45, 2.75) is 13.3 Å². The summed E-state index contributed by atoms with van der Waals surface area (Å²) in [4.78, 5) is 23.3. The second-order valence-corrected chi connectivity index (χ2v) is 4.31. The number of carboxylic acid groups (broad SMARTS) is 1. The van der Waals surface area contributed by atoms with Crippen LogP contribution in [-0.2, 0) is 16.0 Å². The SMILES string of the molecule is Cc1ccc(CC(=O)N(C)CC(=O)O)cc1Cl. The van der Waals surface area contributed by atoms with Crippen LogP contribution in [0, 0.1) is 6.92 Å². The van der Waals surface area contributed by atoms with Crippen molar-refractivity contribution in [2.75, 3.05) is 13.6 Å². The van der Waals surface area contributed by atoms with Gasteiger partial charge in [-0.2, -0.15) is 0 Å². The second-order valence-electron chi connectivity index (χ2n) is 3.90. The van der Waals surface area contributed by atoms with Gasteiger partial charge in [0, 0.05) is 12.1 Å². The van der Waals surface area contributed by atoms with E-state index >= 15 is 0 Å². The van der Waals surface area contributed by atoms with E-state index in [1.54, 1.807) is 6.07 Å². The summed E-state index contributed by atoms with van der Waals surface area (Å²) in [5.74, 6) is -1.27. The van der Waals surface area contributed by atoms with Gasteiger partial charge in [0.15, 0.2) is 0 Å². The molecule has 0 atom stereocenters. The molecule has 0 spiro atoms. The van der Waals surface area contributed by atoms with Gasteiger partial charge in [0.2, 0.25) is 5.91 Å². The highest BCUT2D eigenvalue weighted by atomic mass is 35.5. The molecule has 4 nitrogen and oxygen atoms in total. The fourth-order valence-electron chi connectivity index (χ4n) is 1.35. The van der Waals surface area contributed by atoms with Crippen LogP contribution in [0.25, 0.3) is 0 Å². The van der Waals surface area contributed by atoms with Crippen molar-refractivity contribution in [3.8, 4) is 0 Å². The maximum atomic E-state index is 11.7. The normalized spacial score (nSPS) is 10.1. The molecule has 17 heavy (non-hydrogen) atoms. The minimum absolute atomic E-state index is 0.157. The molecule has 0 bridgehead atoms. The number of hydrogen-bond acceptors (Lipinski definition) is 2. The van der Waals surface area contributed by atoms with E-state index in [4.69, 9.17) is 16.7 Å². The minimum Gasteiger partial charge on any atom is -0.480 e. The standard InChI is InChI=1S/C12H14ClNO3/c1-8-3-4-9(5-10(8)13)6-11(15)14(2)7-12(16)17/h3-5H,6-7H2,1-2H3,(H,16,17). The molecule has 0 radical (unpaired) electrons. The second kappa shape index (κ2) is 5.68. The van der Waals surface area contributed by atoms with Gasteiger partial charge in [-0.25, -0.2) is 0 Å². The van der Waals surface area contributed by atoms with E-state index in [1.165, 1.54) is 11.9 Å². The number of amides is 1. The molecule has 1 aromatic carbocycles. The number of aliphatic carboxylic acids is 1. The van der Waals surface area contributed by atoms with Crippen LogP contribution < -0.4 is 0 Å². The third kappa shape index (κ3) is 4.07. The average Bonchev–Trinajstić information content (AvgIpc) is 2.22. The Kier molecular flexibility index (Phi) is 4.52. The molecule has 0 saturated carbocycles. The molecular weight excluding hydrogens is 242 g/mol. The van der Waals surface area contributed by atoms with Gasteiger partial charge in [-0.1, -0.05) is 23.7 Å². The topological polar surface area (TPSA) is 57.6 Å². The Morgan fingerprint density at radius 1 is 1.41 bits per heavy atom. The molecule has 1 rings (SSSR count). The Hall–Kier alpha value is -1.55. The van der Waals surface area contributed by atoms with E-state index in [2.05, 4.69) is 0 Å². The summed E-state index contributed by atoms with van der Waals surface area (Å²) in [5, 5.41) is 9.17. The van der Waals surface area contributed by atoms with Crippen molar-refractivity contribution in [2.24, 2.45) is 0 Å². The molecule has 0 aromatic heterocycles. The number of halogens is 1. The molecule has 0 heterocycles. The molecule has 0 saturated heterocycles. The fourth-order valence-corrected chi connectivity index (χ4v) is 1.55. The summed E-state index contributed by atoms with van der Waals surface area (Å²) >= 11 is 5.94. The lowest BCUT2D eigenvalue weighted by molar-refractivity contribution is -0.143. The Morgan fingerprint density at radius 3 is 2.59 bits per heavy atom. The highest BCUT2D eigenvalue weighted by molar-refractivity contribution is 6.31. The third-order valence-corrected chi connectivity index (χ3v) is 2.80. The number of likely N-dealkylation sites (N-methyl/N-ethyl adjacent to an activating group) is 1. The first kappa shape index (κ1) is 13.5. The van der Waals surface area contributed by atoms with Crippen LogP contribution in [0.3, 0.4) is 0 Å². The van der Waals surface area contributed by atoms with Crippen LogP contribution in [0.15, 0.2) is 18.2 Å². The van der Waals surface area contributed by atoms with Crippen molar-refractivity contribution in [3.63, 3.8) is 0 Å². The summed E-state index contributed by atoms with van der Waals surface area (Å²) in [6.07, 6.45) is 0.157. The Labute approximate surface area is 105 Å². The number of carboxylic acids is 1. The molecular formula is C12H14ClNO3. The van der Waals surface area contributed by atoms with E-state index in [-0.39, 0.29) is 18.9 Å². The van der Waals surface area contributed by atoms with Crippen LogP contribution in [0.2, 0.25) is 5.02 Å². The fraction of sp³-hybridized carbons (Fsp3) is 0.333. The van der Waals surface area contributed by atoms with Crippen molar-refractivity contribution in [3.05, 3.63) is 34.3 Å². The van der Waals surface area contributed by atoms with Gasteiger partial charge >= 0.3 is 5.97 Å². The van der Waals surface area contributed by atoms with Crippen LogP contribution in [-0.4, -0.2) is 35.5 Å². The number of carbonyl (C=O) groups excluding carboxylic acids is 1. The number of rotatable bonds is 4. The van der Waals surface area contributed by atoms with Crippen molar-refractivity contribution in [1.82, 2.24) is 4.90 Å². The van der Waals surface area contributed by atoms with Gasteiger partial charge in [-0.05, 0) is 24.1 Å². The number of aryl methyl sites for hydroxylation is 1. The van der Waals surface area contributed by atoms with Crippen molar-refractivity contribution < 1.29 is 14.7 Å². The maximum Gasteiger partial charge on any atom is 0.323 e. The van der Waals surface area contributed by atoms with Gasteiger partial charge in [0.05, 0.1) is 6.42 Å². The van der Waals surface area contributed by atoms with Crippen LogP contribution >= 0.6 is 11.6 Å². The molecule has 0 fully saturated rings. The molecule has 92 valence electrons. The lowest BCUT2D eigenvalue weighted by Gasteiger charge is -2.14. The van der Waals surface area contributed by atoms with E-state index in [0.29, 0.717) is 5.02 Å². The van der Waals surface area contributed by atoms with Crippen LogP contribution in [0.5, 0.6) is 0 Å². The van der Waals surface area contributed by atoms with Gasteiger partial charge in [0.25, 0.3) is 0 Å². The number of nitrogens with zero attached hydrogens (tertiary/aromatic N) is 1. The third-order valence-electron chi connectivity index (χ3n) is 2.39. The average molecular weight is 256 g/mol. The first-order valence-electron chi connectivity index (χ1n) is 5.11. The molecule has 1 N–H and O–H groups in total. The molecule has 1 aromatic rings. The monoisotopic (exact) mass is 255 g/mol. The highest BCUT2D eigenvalue weighted by Crippen LogP contribution is 2.17. The number of carbonyl (C=O) groups is 2. The van der Waals surface area contributed by atoms with Gasteiger partial charge in [-0.15, -0.1) is 0 Å². The quantitative estimate of drug-likeness (QED) is 0.892. The Bertz CT molecular complexity index is 445. The van der Waals surface area contributed by atoms with Crippen molar-refractivity contribution in [1.29, 1.82) is 0 Å². The van der Waals surface area contributed by atoms with Crippen LogP contribution in [0.4, 0.5) is 0 Å². The first-order valence-corrected chi connectivity index (χ1v) is 5.48. The number of hydrogen-bond donors (Lipinski definition) is 1. The predicted molar refractivity (Wildman–Crippen MR) is 65.2 cm³/mol. The zero-order valence-corrected chi connectivity index (χ0v) is 10.5. The zero-order chi connectivity index (χ0) is 13.0. The summed E-state index contributed by atoms with van der Waals surface area (Å²) in [7, 11) is 1.46. The minimum atomic E-state index is -1.03. The Morgan fingerprint density at radius 2 is 2.06 bits per heavy atom. The summed E-state index contributed by atoms with van der Waals surface area (Å²) < 4.78 is 0. The Balaban J connectivity index is 2.67. The first-order chi connectivity index (χ1) is 7.90. The van der Waals surface area contributed by atoms with Crippen LogP contribution in [0.1, 0.15) is 11.1 Å². The lowest BCUT2D eigenvalue weighted by atomic mass is 10.1. The molecule has 1 amide bonds. The summed E-state index contributed by atoms with van der Waals surface area (Å²) in [6.45, 7) is 1.59. The largest absolute Gasteiger partial charge is 0.480 e. The van der Waals surface area contributed by atoms with E-state index in [1.807, 2.05) is 19.1 Å². The molecule has 0 aliphatic carbocycles. The maximum absolute atomic E-state index is 11.7. The molecule has 0 unspecified atom stereocenters. The zero-order valence-electron chi connectivity index (χ0n) is 9.74. The van der Waals surface area contributed by atoms with Crippen molar-refractivity contribution >= 4 is 23.5 Å².